The normalized spacial score (nSPS) is 29.6. The molecule has 3 aliphatic carbocycles. The molecule has 1 aromatic rings. The van der Waals surface area contributed by atoms with Gasteiger partial charge in [-0.2, -0.15) is 5.26 Å². The number of phenols is 1. The molecular weight excluding hydrogens is 310 g/mol. The summed E-state index contributed by atoms with van der Waals surface area (Å²) in [5.41, 5.74) is 4.89. The second kappa shape index (κ2) is 6.59. The third-order valence-electron chi connectivity index (χ3n) is 6.15. The number of rotatable bonds is 2. The first kappa shape index (κ1) is 13.1. The predicted octanol–water partition coefficient (Wildman–Crippen LogP) is 5.31. The van der Waals surface area contributed by atoms with E-state index in [1.54, 1.807) is 11.6 Å². The van der Waals surface area contributed by atoms with Gasteiger partial charge >= 0.3 is 0 Å². The highest BCUT2D eigenvalue weighted by atomic mass is 16.5. The average molecular weight is 338 g/mol. The van der Waals surface area contributed by atoms with Gasteiger partial charge in [-0.3, -0.25) is 0 Å². The van der Waals surface area contributed by atoms with Crippen LogP contribution in [0.3, 0.4) is 0 Å². The van der Waals surface area contributed by atoms with E-state index >= 15 is 0 Å². The first-order valence-corrected chi connectivity index (χ1v) is 9.24. The lowest BCUT2D eigenvalue weighted by Gasteiger charge is -2.43. The Bertz CT molecular complexity index is 892. The number of nitriles is 1. The standard InChI is InChI=1S/C22H25NO2/c1-25-22(16-9-10-17(13-23)20(24)12-16)21-15-6-4-8-19(21)18-7-3-2-5-14(18)11-15/h9-10,12,15,19,24H,2-8,11H2,1H3/b22-21+/i1D3. The molecule has 1 fully saturated rings. The summed E-state index contributed by atoms with van der Waals surface area (Å²) < 4.78 is 28.7. The Labute approximate surface area is 153 Å². The van der Waals surface area contributed by atoms with Gasteiger partial charge in [-0.05, 0) is 74.6 Å². The molecule has 0 aromatic heterocycles. The Morgan fingerprint density at radius 1 is 1.28 bits per heavy atom. The van der Waals surface area contributed by atoms with Crippen molar-refractivity contribution in [3.8, 4) is 11.8 Å². The zero-order valence-electron chi connectivity index (χ0n) is 17.3. The number of nitrogens with zero attached hydrogens (tertiary/aromatic N) is 1. The number of allylic oxidation sites excluding steroid dienone is 3. The second-order valence-electron chi connectivity index (χ2n) is 7.45. The van der Waals surface area contributed by atoms with Gasteiger partial charge in [0.2, 0.25) is 0 Å². The van der Waals surface area contributed by atoms with Crippen LogP contribution < -0.4 is 0 Å². The highest BCUT2D eigenvalue weighted by Crippen LogP contribution is 2.53. The van der Waals surface area contributed by atoms with Crippen LogP contribution in [0.15, 0.2) is 34.9 Å². The molecule has 25 heavy (non-hydrogen) atoms. The van der Waals surface area contributed by atoms with Crippen molar-refractivity contribution in [3.05, 3.63) is 46.0 Å². The first-order chi connectivity index (χ1) is 13.4. The molecule has 2 unspecified atom stereocenters. The maximum Gasteiger partial charge on any atom is 0.134 e. The van der Waals surface area contributed by atoms with Crippen molar-refractivity contribution in [2.24, 2.45) is 11.8 Å². The van der Waals surface area contributed by atoms with E-state index in [1.807, 2.05) is 6.07 Å². The SMILES string of the molecule is [2H]C([2H])([2H])O/C(=C1\C2CCCC1C1=C(CCCC1)C2)c1ccc(C#N)c(O)c1. The summed E-state index contributed by atoms with van der Waals surface area (Å²) in [6.45, 7) is 0. The fraction of sp³-hybridized carbons (Fsp3) is 0.500. The van der Waals surface area contributed by atoms with E-state index in [0.29, 0.717) is 17.2 Å². The molecule has 1 aromatic carbocycles. The monoisotopic (exact) mass is 338 g/mol. The van der Waals surface area contributed by atoms with E-state index in [2.05, 4.69) is 0 Å². The Hall–Kier alpha value is -2.21. The summed E-state index contributed by atoms with van der Waals surface area (Å²) in [7, 11) is -2.57. The number of phenolic OH excluding ortho intramolecular Hbond substituents is 1. The van der Waals surface area contributed by atoms with E-state index in [0.717, 1.165) is 37.7 Å². The van der Waals surface area contributed by atoms with Gasteiger partial charge in [0.1, 0.15) is 17.6 Å². The predicted molar refractivity (Wildman–Crippen MR) is 97.7 cm³/mol. The molecule has 1 N–H and O–H groups in total. The van der Waals surface area contributed by atoms with Gasteiger partial charge in [-0.15, -0.1) is 0 Å². The van der Waals surface area contributed by atoms with E-state index < -0.39 is 7.04 Å². The summed E-state index contributed by atoms with van der Waals surface area (Å²) in [6.07, 6.45) is 8.92. The molecule has 130 valence electrons. The van der Waals surface area contributed by atoms with Crippen molar-refractivity contribution in [2.75, 3.05) is 7.04 Å². The summed E-state index contributed by atoms with van der Waals surface area (Å²) in [4.78, 5) is 0. The fourth-order valence-electron chi connectivity index (χ4n) is 5.08. The third kappa shape index (κ3) is 2.74. The first-order valence-electron chi connectivity index (χ1n) is 10.7. The molecule has 0 heterocycles. The fourth-order valence-corrected chi connectivity index (χ4v) is 5.08. The number of fused-ring (bicyclic) bond motifs is 3. The number of aromatic hydroxyl groups is 1. The number of methoxy groups -OCH3 is 1. The molecule has 0 amide bonds. The number of benzene rings is 1. The lowest BCUT2D eigenvalue weighted by atomic mass is 9.62. The maximum absolute atomic E-state index is 10.2. The maximum atomic E-state index is 10.2. The average Bonchev–Trinajstić information content (AvgIpc) is 2.65. The van der Waals surface area contributed by atoms with Crippen LogP contribution in [0.2, 0.25) is 0 Å². The van der Waals surface area contributed by atoms with Crippen molar-refractivity contribution in [1.29, 1.82) is 5.26 Å². The minimum atomic E-state index is -2.57. The largest absolute Gasteiger partial charge is 0.507 e. The van der Waals surface area contributed by atoms with Gasteiger partial charge in [0, 0.05) is 11.5 Å². The van der Waals surface area contributed by atoms with Crippen LogP contribution in [-0.4, -0.2) is 12.1 Å². The Balaban J connectivity index is 1.88. The van der Waals surface area contributed by atoms with Crippen LogP contribution in [0.25, 0.3) is 5.76 Å². The minimum absolute atomic E-state index is 0.147. The Morgan fingerprint density at radius 2 is 2.16 bits per heavy atom. The zero-order chi connectivity index (χ0) is 19.9. The van der Waals surface area contributed by atoms with Crippen molar-refractivity contribution < 1.29 is 14.0 Å². The Morgan fingerprint density at radius 3 is 2.96 bits per heavy atom. The molecule has 0 aliphatic heterocycles. The topological polar surface area (TPSA) is 53.2 Å². The van der Waals surface area contributed by atoms with Crippen LogP contribution in [0, 0.1) is 23.2 Å². The van der Waals surface area contributed by atoms with E-state index in [9.17, 15) is 5.11 Å². The van der Waals surface area contributed by atoms with Crippen LogP contribution in [-0.2, 0) is 4.74 Å². The summed E-state index contributed by atoms with van der Waals surface area (Å²) in [5, 5.41) is 19.3. The van der Waals surface area contributed by atoms with E-state index in [1.165, 1.54) is 37.0 Å². The van der Waals surface area contributed by atoms with Crippen molar-refractivity contribution in [1.82, 2.24) is 0 Å². The van der Waals surface area contributed by atoms with Gasteiger partial charge in [0.15, 0.2) is 0 Å². The molecule has 0 spiro atoms. The molecule has 3 aliphatic rings. The second-order valence-corrected chi connectivity index (χ2v) is 7.45. The van der Waals surface area contributed by atoms with E-state index in [4.69, 9.17) is 14.1 Å². The smallest absolute Gasteiger partial charge is 0.134 e. The van der Waals surface area contributed by atoms with Crippen LogP contribution in [0.4, 0.5) is 0 Å². The van der Waals surface area contributed by atoms with Crippen molar-refractivity contribution in [3.63, 3.8) is 0 Å². The van der Waals surface area contributed by atoms with Gasteiger partial charge in [-0.25, -0.2) is 0 Å². The molecule has 4 rings (SSSR count). The number of hydrogen-bond acceptors (Lipinski definition) is 3. The molecule has 2 atom stereocenters. The molecule has 0 radical (unpaired) electrons. The zero-order valence-corrected chi connectivity index (χ0v) is 14.3. The molecule has 0 saturated heterocycles. The highest BCUT2D eigenvalue weighted by molar-refractivity contribution is 5.68. The van der Waals surface area contributed by atoms with Crippen LogP contribution >= 0.6 is 0 Å². The van der Waals surface area contributed by atoms with Crippen molar-refractivity contribution >= 4 is 5.76 Å². The summed E-state index contributed by atoms with van der Waals surface area (Å²) in [6, 6.07) is 6.62. The molecule has 3 nitrogen and oxygen atoms in total. The van der Waals surface area contributed by atoms with Crippen LogP contribution in [0.1, 0.15) is 66.6 Å². The minimum Gasteiger partial charge on any atom is -0.507 e. The lowest BCUT2D eigenvalue weighted by Crippen LogP contribution is -2.30. The van der Waals surface area contributed by atoms with E-state index in [-0.39, 0.29) is 17.2 Å². The highest BCUT2D eigenvalue weighted by Gasteiger charge is 2.39. The lowest BCUT2D eigenvalue weighted by molar-refractivity contribution is 0.311. The van der Waals surface area contributed by atoms with Gasteiger partial charge in [-0.1, -0.05) is 17.6 Å². The molecule has 3 heteroatoms. The third-order valence-corrected chi connectivity index (χ3v) is 6.15. The molecule has 2 bridgehead atoms. The number of ether oxygens (including phenoxy) is 1. The molecule has 1 saturated carbocycles. The molecular formula is C22H25NO2. The van der Waals surface area contributed by atoms with Gasteiger partial charge in [0.05, 0.1) is 16.7 Å². The van der Waals surface area contributed by atoms with Crippen LogP contribution in [0.5, 0.6) is 5.75 Å². The van der Waals surface area contributed by atoms with Gasteiger partial charge in [0.25, 0.3) is 0 Å². The Kier molecular flexibility index (Phi) is 3.44. The summed E-state index contributed by atoms with van der Waals surface area (Å²) >= 11 is 0. The number of hydrogen-bond donors (Lipinski definition) is 1. The summed E-state index contributed by atoms with van der Waals surface area (Å²) in [5.74, 6) is 0.779. The van der Waals surface area contributed by atoms with Crippen molar-refractivity contribution in [2.45, 2.75) is 51.4 Å². The quantitative estimate of drug-likeness (QED) is 0.587. The van der Waals surface area contributed by atoms with Gasteiger partial charge < -0.3 is 9.84 Å².